The van der Waals surface area contributed by atoms with E-state index in [4.69, 9.17) is 15.6 Å². The highest BCUT2D eigenvalue weighted by molar-refractivity contribution is 5.96. The lowest BCUT2D eigenvalue weighted by atomic mass is 10.1. The zero-order valence-corrected chi connectivity index (χ0v) is 17.1. The number of carboxylic acids is 1. The number of rotatable bonds is 5. The molecule has 1 aromatic carbocycles. The minimum atomic E-state index is -1.09. The second kappa shape index (κ2) is 8.26. The van der Waals surface area contributed by atoms with E-state index in [9.17, 15) is 14.7 Å². The quantitative estimate of drug-likeness (QED) is 0.630. The molecule has 31 heavy (non-hydrogen) atoms. The summed E-state index contributed by atoms with van der Waals surface area (Å²) in [6.45, 7) is 3.13. The predicted octanol–water partition coefficient (Wildman–Crippen LogP) is 0.838. The van der Waals surface area contributed by atoms with Crippen LogP contribution in [0.15, 0.2) is 24.5 Å². The third-order valence-electron chi connectivity index (χ3n) is 5.49. The lowest BCUT2D eigenvalue weighted by Crippen LogP contribution is -2.35. The number of urea groups is 1. The number of carbonyl (C=O) groups is 2. The average Bonchev–Trinajstić information content (AvgIpc) is 2.99. The molecular formula is C20H24N6O5. The first-order chi connectivity index (χ1) is 14.9. The zero-order valence-electron chi connectivity index (χ0n) is 17.1. The van der Waals surface area contributed by atoms with Crippen LogP contribution in [0.5, 0.6) is 5.88 Å². The van der Waals surface area contributed by atoms with Gasteiger partial charge in [0.2, 0.25) is 5.88 Å². The van der Waals surface area contributed by atoms with Gasteiger partial charge in [-0.25, -0.2) is 14.8 Å². The SMILES string of the molecule is CCc1cc(N2CCOc3ncnc(N)c3C2O)ccc1N1CCN(CC(=O)O)C1=O. The Hall–Kier alpha value is -3.60. The molecule has 2 aliphatic heterocycles. The van der Waals surface area contributed by atoms with E-state index < -0.39 is 12.2 Å². The number of nitrogen functional groups attached to an aromatic ring is 1. The minimum absolute atomic E-state index is 0.151. The standard InChI is InChI=1S/C20H24N6O5/c1-2-12-9-13(3-4-14(12)26-6-5-24(20(26)30)10-15(27)28)25-7-8-31-18-16(19(25)29)17(21)22-11-23-18/h3-4,9,11,19,29H,2,5-8,10H2,1H3,(H,27,28)(H2,21,22,23). The first-order valence-corrected chi connectivity index (χ1v) is 9.99. The number of hydrogen-bond acceptors (Lipinski definition) is 8. The summed E-state index contributed by atoms with van der Waals surface area (Å²) in [5.41, 5.74) is 8.65. The fourth-order valence-electron chi connectivity index (χ4n) is 3.95. The van der Waals surface area contributed by atoms with Crippen molar-refractivity contribution in [2.75, 3.05) is 48.3 Å². The highest BCUT2D eigenvalue weighted by Gasteiger charge is 2.33. The molecule has 0 saturated carbocycles. The van der Waals surface area contributed by atoms with Crippen molar-refractivity contribution in [1.29, 1.82) is 0 Å². The molecule has 11 heteroatoms. The third-order valence-corrected chi connectivity index (χ3v) is 5.49. The Labute approximate surface area is 178 Å². The van der Waals surface area contributed by atoms with Crippen LogP contribution in [-0.2, 0) is 11.2 Å². The number of benzene rings is 1. The summed E-state index contributed by atoms with van der Waals surface area (Å²) in [7, 11) is 0. The molecule has 3 heterocycles. The number of anilines is 3. The van der Waals surface area contributed by atoms with Crippen molar-refractivity contribution in [3.63, 3.8) is 0 Å². The smallest absolute Gasteiger partial charge is 0.325 e. The third kappa shape index (κ3) is 3.79. The summed E-state index contributed by atoms with van der Waals surface area (Å²) < 4.78 is 5.63. The maximum Gasteiger partial charge on any atom is 0.325 e. The second-order valence-corrected chi connectivity index (χ2v) is 7.31. The number of aliphatic carboxylic acids is 1. The Morgan fingerprint density at radius 2 is 2.10 bits per heavy atom. The van der Waals surface area contributed by atoms with E-state index in [0.29, 0.717) is 38.2 Å². The lowest BCUT2D eigenvalue weighted by Gasteiger charge is -2.29. The number of ether oxygens (including phenoxy) is 1. The van der Waals surface area contributed by atoms with Crippen molar-refractivity contribution in [1.82, 2.24) is 14.9 Å². The van der Waals surface area contributed by atoms with Gasteiger partial charge in [-0.2, -0.15) is 0 Å². The van der Waals surface area contributed by atoms with Gasteiger partial charge in [0.05, 0.1) is 6.54 Å². The van der Waals surface area contributed by atoms with Crippen molar-refractivity contribution in [2.24, 2.45) is 0 Å². The highest BCUT2D eigenvalue weighted by Crippen LogP contribution is 2.37. The molecule has 4 N–H and O–H groups in total. The number of aryl methyl sites for hydroxylation is 1. The topological polar surface area (TPSA) is 145 Å². The molecule has 0 radical (unpaired) electrons. The van der Waals surface area contributed by atoms with Crippen molar-refractivity contribution < 1.29 is 24.5 Å². The molecule has 11 nitrogen and oxygen atoms in total. The van der Waals surface area contributed by atoms with E-state index in [1.165, 1.54) is 11.2 Å². The van der Waals surface area contributed by atoms with Crippen LogP contribution in [0.4, 0.5) is 22.0 Å². The highest BCUT2D eigenvalue weighted by atomic mass is 16.5. The van der Waals surface area contributed by atoms with E-state index in [1.807, 2.05) is 25.1 Å². The Balaban J connectivity index is 1.64. The van der Waals surface area contributed by atoms with Crippen LogP contribution < -0.4 is 20.3 Å². The van der Waals surface area contributed by atoms with Gasteiger partial charge >= 0.3 is 12.0 Å². The summed E-state index contributed by atoms with van der Waals surface area (Å²) in [4.78, 5) is 36.3. The van der Waals surface area contributed by atoms with Crippen LogP contribution in [0.3, 0.4) is 0 Å². The molecule has 1 saturated heterocycles. The number of aromatic nitrogens is 2. The number of carbonyl (C=O) groups excluding carboxylic acids is 1. The summed E-state index contributed by atoms with van der Waals surface area (Å²) in [6.07, 6.45) is 0.851. The maximum atomic E-state index is 12.7. The largest absolute Gasteiger partial charge is 0.480 e. The molecule has 0 bridgehead atoms. The van der Waals surface area contributed by atoms with Gasteiger partial charge in [0.25, 0.3) is 0 Å². The number of amides is 2. The summed E-state index contributed by atoms with van der Waals surface area (Å²) in [5.74, 6) is -0.629. The molecule has 2 aliphatic rings. The van der Waals surface area contributed by atoms with E-state index in [-0.39, 0.29) is 24.3 Å². The molecule has 1 aromatic heterocycles. The van der Waals surface area contributed by atoms with Gasteiger partial charge in [-0.3, -0.25) is 9.69 Å². The van der Waals surface area contributed by atoms with Crippen LogP contribution in [0.25, 0.3) is 0 Å². The second-order valence-electron chi connectivity index (χ2n) is 7.31. The Morgan fingerprint density at radius 1 is 1.29 bits per heavy atom. The van der Waals surface area contributed by atoms with Crippen LogP contribution in [-0.4, -0.2) is 69.9 Å². The van der Waals surface area contributed by atoms with Gasteiger partial charge in [0.15, 0.2) is 6.23 Å². The van der Waals surface area contributed by atoms with Gasteiger partial charge in [-0.1, -0.05) is 6.92 Å². The normalized spacial score (nSPS) is 18.6. The molecule has 1 unspecified atom stereocenters. The predicted molar refractivity (Wildman–Crippen MR) is 112 cm³/mol. The van der Waals surface area contributed by atoms with Crippen LogP contribution in [0.1, 0.15) is 24.3 Å². The first kappa shape index (κ1) is 20.7. The van der Waals surface area contributed by atoms with Crippen molar-refractivity contribution in [2.45, 2.75) is 19.6 Å². The van der Waals surface area contributed by atoms with Gasteiger partial charge in [-0.05, 0) is 30.2 Å². The fourth-order valence-corrected chi connectivity index (χ4v) is 3.95. The molecule has 0 spiro atoms. The van der Waals surface area contributed by atoms with E-state index in [0.717, 1.165) is 16.9 Å². The summed E-state index contributed by atoms with van der Waals surface area (Å²) in [5, 5.41) is 20.0. The molecular weight excluding hydrogens is 404 g/mol. The van der Waals surface area contributed by atoms with E-state index in [2.05, 4.69) is 9.97 Å². The van der Waals surface area contributed by atoms with E-state index >= 15 is 0 Å². The molecule has 1 atom stereocenters. The molecule has 2 amide bonds. The van der Waals surface area contributed by atoms with Crippen LogP contribution in [0.2, 0.25) is 0 Å². The average molecular weight is 428 g/mol. The Bertz CT molecular complexity index is 1020. The molecule has 1 fully saturated rings. The minimum Gasteiger partial charge on any atom is -0.480 e. The number of nitrogens with two attached hydrogens (primary N) is 1. The Morgan fingerprint density at radius 3 is 2.84 bits per heavy atom. The maximum absolute atomic E-state index is 12.7. The van der Waals surface area contributed by atoms with Crippen molar-refractivity contribution in [3.05, 3.63) is 35.7 Å². The van der Waals surface area contributed by atoms with Crippen molar-refractivity contribution >= 4 is 29.2 Å². The summed E-state index contributed by atoms with van der Waals surface area (Å²) >= 11 is 0. The van der Waals surface area contributed by atoms with Gasteiger partial charge in [-0.15, -0.1) is 0 Å². The molecule has 4 rings (SSSR count). The molecule has 164 valence electrons. The number of aliphatic hydroxyl groups excluding tert-OH is 1. The molecule has 2 aromatic rings. The number of carboxylic acid groups (broad SMARTS) is 1. The van der Waals surface area contributed by atoms with Gasteiger partial charge in [0.1, 0.15) is 30.9 Å². The zero-order chi connectivity index (χ0) is 22.1. The first-order valence-electron chi connectivity index (χ1n) is 9.99. The Kier molecular flexibility index (Phi) is 5.51. The van der Waals surface area contributed by atoms with Crippen molar-refractivity contribution in [3.8, 4) is 5.88 Å². The fraction of sp³-hybridized carbons (Fsp3) is 0.400. The number of hydrogen-bond donors (Lipinski definition) is 3. The summed E-state index contributed by atoms with van der Waals surface area (Å²) in [6, 6.07) is 5.22. The van der Waals surface area contributed by atoms with Crippen LogP contribution >= 0.6 is 0 Å². The number of fused-ring (bicyclic) bond motifs is 1. The lowest BCUT2D eigenvalue weighted by molar-refractivity contribution is -0.137. The number of aliphatic hydroxyl groups is 1. The number of nitrogens with zero attached hydrogens (tertiary/aromatic N) is 5. The van der Waals surface area contributed by atoms with Crippen LogP contribution in [0, 0.1) is 0 Å². The monoisotopic (exact) mass is 428 g/mol. The van der Waals surface area contributed by atoms with E-state index in [1.54, 1.807) is 9.80 Å². The molecule has 0 aliphatic carbocycles. The van der Waals surface area contributed by atoms with Gasteiger partial charge < -0.3 is 30.5 Å². The van der Waals surface area contributed by atoms with Gasteiger partial charge in [0, 0.05) is 24.5 Å².